The van der Waals surface area contributed by atoms with Crippen LogP contribution in [0.2, 0.25) is 4.34 Å². The maximum Gasteiger partial charge on any atom is 0.0960 e. The predicted octanol–water partition coefficient (Wildman–Crippen LogP) is 6.21. The van der Waals surface area contributed by atoms with E-state index in [-0.39, 0.29) is 0 Å². The molecule has 0 radical (unpaired) electrons. The van der Waals surface area contributed by atoms with Crippen molar-refractivity contribution in [3.8, 4) is 0 Å². The number of hydrogen-bond acceptors (Lipinski definition) is 2. The molecule has 1 aromatic heterocycles. The number of halogens is 1. The highest BCUT2D eigenvalue weighted by molar-refractivity contribution is 7.16. The summed E-state index contributed by atoms with van der Waals surface area (Å²) in [5.41, 5.74) is 1.61. The number of hydrogen-bond donors (Lipinski definition) is 1. The second-order valence-corrected chi connectivity index (χ2v) is 8.90. The highest BCUT2D eigenvalue weighted by Gasteiger charge is 2.21. The van der Waals surface area contributed by atoms with Gasteiger partial charge in [0, 0.05) is 10.9 Å². The maximum absolute atomic E-state index is 6.24. The van der Waals surface area contributed by atoms with Gasteiger partial charge in [0.15, 0.2) is 0 Å². The molecule has 0 bridgehead atoms. The summed E-state index contributed by atoms with van der Waals surface area (Å²) < 4.78 is 0.937. The summed E-state index contributed by atoms with van der Waals surface area (Å²) in [6.45, 7) is 14.7. The van der Waals surface area contributed by atoms with Gasteiger partial charge in [-0.1, -0.05) is 46.2 Å². The lowest BCUT2D eigenvalue weighted by Gasteiger charge is -2.27. The van der Waals surface area contributed by atoms with Crippen molar-refractivity contribution in [2.45, 2.75) is 66.8 Å². The van der Waals surface area contributed by atoms with Crippen LogP contribution in [-0.2, 0) is 0 Å². The third-order valence-corrected chi connectivity index (χ3v) is 5.13. The van der Waals surface area contributed by atoms with Crippen LogP contribution >= 0.6 is 22.9 Å². The molecule has 1 aromatic rings. The monoisotopic (exact) mass is 315 g/mol. The minimum Gasteiger partial charge on any atom is -0.309 e. The van der Waals surface area contributed by atoms with Crippen LogP contribution in [-0.4, -0.2) is 6.54 Å². The molecule has 116 valence electrons. The zero-order chi connectivity index (χ0) is 15.3. The van der Waals surface area contributed by atoms with Crippen LogP contribution in [0.1, 0.15) is 70.4 Å². The third kappa shape index (κ3) is 6.15. The number of rotatable bonds is 7. The van der Waals surface area contributed by atoms with E-state index in [9.17, 15) is 0 Å². The van der Waals surface area contributed by atoms with Gasteiger partial charge in [0.2, 0.25) is 0 Å². The van der Waals surface area contributed by atoms with Gasteiger partial charge in [0.1, 0.15) is 0 Å². The van der Waals surface area contributed by atoms with E-state index in [1.54, 1.807) is 11.3 Å². The summed E-state index contributed by atoms with van der Waals surface area (Å²) in [7, 11) is 0. The smallest absolute Gasteiger partial charge is 0.0960 e. The largest absolute Gasteiger partial charge is 0.309 e. The Labute approximate surface area is 134 Å². The lowest BCUT2D eigenvalue weighted by Crippen LogP contribution is -2.24. The first-order valence-electron chi connectivity index (χ1n) is 7.72. The maximum atomic E-state index is 6.24. The van der Waals surface area contributed by atoms with Gasteiger partial charge in [0.25, 0.3) is 0 Å². The Hall–Kier alpha value is -0.0500. The molecule has 2 atom stereocenters. The molecule has 0 aliphatic heterocycles. The fourth-order valence-corrected chi connectivity index (χ4v) is 4.11. The molecule has 0 spiro atoms. The van der Waals surface area contributed by atoms with E-state index in [1.807, 2.05) is 0 Å². The fourth-order valence-electron chi connectivity index (χ4n) is 2.81. The van der Waals surface area contributed by atoms with E-state index in [1.165, 1.54) is 29.7 Å². The van der Waals surface area contributed by atoms with Crippen molar-refractivity contribution in [1.29, 1.82) is 0 Å². The van der Waals surface area contributed by atoms with Crippen molar-refractivity contribution in [2.24, 2.45) is 11.3 Å². The summed E-state index contributed by atoms with van der Waals surface area (Å²) in [6, 6.07) is 2.70. The molecule has 0 fully saturated rings. The molecule has 3 heteroatoms. The van der Waals surface area contributed by atoms with Crippen molar-refractivity contribution in [2.75, 3.05) is 6.54 Å². The van der Waals surface area contributed by atoms with Gasteiger partial charge < -0.3 is 5.32 Å². The van der Waals surface area contributed by atoms with Crippen molar-refractivity contribution < 1.29 is 0 Å². The number of thiophene rings is 1. The van der Waals surface area contributed by atoms with Crippen molar-refractivity contribution in [3.63, 3.8) is 0 Å². The number of aryl methyl sites for hydroxylation is 1. The lowest BCUT2D eigenvalue weighted by molar-refractivity contribution is 0.276. The molecule has 0 saturated heterocycles. The summed E-state index contributed by atoms with van der Waals surface area (Å²) in [6.07, 6.45) is 3.62. The van der Waals surface area contributed by atoms with Crippen LogP contribution in [0.3, 0.4) is 0 Å². The quantitative estimate of drug-likeness (QED) is 0.630. The Morgan fingerprint density at radius 2 is 2.00 bits per heavy atom. The topological polar surface area (TPSA) is 12.0 Å². The molecule has 0 amide bonds. The molecule has 1 N–H and O–H groups in total. The molecular formula is C17H30ClNS. The van der Waals surface area contributed by atoms with Crippen LogP contribution in [0.4, 0.5) is 0 Å². The minimum absolute atomic E-state index is 0.401. The lowest BCUT2D eigenvalue weighted by atomic mass is 9.82. The van der Waals surface area contributed by atoms with Crippen molar-refractivity contribution >= 4 is 22.9 Å². The second-order valence-electron chi connectivity index (χ2n) is 7.22. The molecule has 20 heavy (non-hydrogen) atoms. The van der Waals surface area contributed by atoms with Gasteiger partial charge in [-0.2, -0.15) is 0 Å². The van der Waals surface area contributed by atoms with Crippen molar-refractivity contribution in [1.82, 2.24) is 5.32 Å². The van der Waals surface area contributed by atoms with Gasteiger partial charge in [0.05, 0.1) is 4.34 Å². The summed E-state index contributed by atoms with van der Waals surface area (Å²) in [5, 5.41) is 3.69. The van der Waals surface area contributed by atoms with Crippen LogP contribution < -0.4 is 5.32 Å². The highest BCUT2D eigenvalue weighted by atomic mass is 35.5. The molecule has 2 unspecified atom stereocenters. The van der Waals surface area contributed by atoms with E-state index in [0.717, 1.165) is 10.9 Å². The first-order valence-corrected chi connectivity index (χ1v) is 8.91. The zero-order valence-corrected chi connectivity index (χ0v) is 15.4. The molecule has 0 aromatic carbocycles. The van der Waals surface area contributed by atoms with E-state index in [4.69, 9.17) is 11.6 Å². The molecule has 1 nitrogen and oxygen atoms in total. The van der Waals surface area contributed by atoms with E-state index < -0.39 is 0 Å². The Bertz CT molecular complexity index is 386. The Balaban J connectivity index is 2.74. The molecule has 0 saturated carbocycles. The predicted molar refractivity (Wildman–Crippen MR) is 93.0 cm³/mol. The first-order chi connectivity index (χ1) is 9.23. The van der Waals surface area contributed by atoms with E-state index in [0.29, 0.717) is 17.4 Å². The van der Waals surface area contributed by atoms with Gasteiger partial charge in [-0.25, -0.2) is 0 Å². The van der Waals surface area contributed by atoms with Gasteiger partial charge in [-0.05, 0) is 55.7 Å². The fraction of sp³-hybridized carbons (Fsp3) is 0.765. The van der Waals surface area contributed by atoms with Crippen LogP contribution in [0, 0.1) is 18.3 Å². The summed E-state index contributed by atoms with van der Waals surface area (Å²) >= 11 is 7.98. The summed E-state index contributed by atoms with van der Waals surface area (Å²) in [4.78, 5) is 1.39. The van der Waals surface area contributed by atoms with Crippen LogP contribution in [0.25, 0.3) is 0 Å². The van der Waals surface area contributed by atoms with Gasteiger partial charge >= 0.3 is 0 Å². The van der Waals surface area contributed by atoms with Crippen LogP contribution in [0.15, 0.2) is 6.07 Å². The van der Waals surface area contributed by atoms with E-state index in [2.05, 4.69) is 52.9 Å². The first kappa shape index (κ1) is 18.0. The van der Waals surface area contributed by atoms with Gasteiger partial charge in [-0.15, -0.1) is 11.3 Å². The van der Waals surface area contributed by atoms with Gasteiger partial charge in [-0.3, -0.25) is 0 Å². The normalized spacial score (nSPS) is 15.3. The molecule has 0 aliphatic rings. The minimum atomic E-state index is 0.401. The average molecular weight is 316 g/mol. The Kier molecular flexibility index (Phi) is 7.03. The Morgan fingerprint density at radius 1 is 1.35 bits per heavy atom. The third-order valence-electron chi connectivity index (χ3n) is 3.46. The standard InChI is InChI=1S/C17H30ClNS/c1-7-8-19-14(9-12(2)11-17(4,5)6)15-10-13(3)16(18)20-15/h10,12,14,19H,7-9,11H2,1-6H3. The zero-order valence-electron chi connectivity index (χ0n) is 13.8. The van der Waals surface area contributed by atoms with E-state index >= 15 is 0 Å². The molecule has 0 aliphatic carbocycles. The molecule has 1 rings (SSSR count). The number of nitrogens with one attached hydrogen (secondary N) is 1. The van der Waals surface area contributed by atoms with Crippen LogP contribution in [0.5, 0.6) is 0 Å². The highest BCUT2D eigenvalue weighted by Crippen LogP contribution is 2.36. The second kappa shape index (κ2) is 7.82. The molecule has 1 heterocycles. The Morgan fingerprint density at radius 3 is 2.45 bits per heavy atom. The molecular weight excluding hydrogens is 286 g/mol. The summed E-state index contributed by atoms with van der Waals surface area (Å²) in [5.74, 6) is 0.713. The van der Waals surface area contributed by atoms with Crippen molar-refractivity contribution in [3.05, 3.63) is 20.8 Å². The SMILES string of the molecule is CCCNC(CC(C)CC(C)(C)C)c1cc(C)c(Cl)s1. The average Bonchev–Trinajstić information content (AvgIpc) is 2.62.